The number of methoxy groups -OCH3 is 1. The number of carbonyl (C=O) groups is 2. The van der Waals surface area contributed by atoms with Crippen LogP contribution in [0.2, 0.25) is 5.02 Å². The van der Waals surface area contributed by atoms with Crippen molar-refractivity contribution < 1.29 is 22.7 Å². The lowest BCUT2D eigenvalue weighted by Crippen LogP contribution is -2.53. The van der Waals surface area contributed by atoms with Gasteiger partial charge < -0.3 is 4.74 Å². The van der Waals surface area contributed by atoms with Crippen molar-refractivity contribution >= 4 is 39.1 Å². The van der Waals surface area contributed by atoms with Crippen molar-refractivity contribution in [2.75, 3.05) is 25.1 Å². The Morgan fingerprint density at radius 2 is 1.56 bits per heavy atom. The Morgan fingerprint density at radius 1 is 0.923 bits per heavy atom. The number of halogens is 1. The molecule has 1 unspecified atom stereocenters. The van der Waals surface area contributed by atoms with E-state index < -0.39 is 33.9 Å². The summed E-state index contributed by atoms with van der Waals surface area (Å²) in [7, 11) is -2.61. The van der Waals surface area contributed by atoms with Gasteiger partial charge in [-0.2, -0.15) is 4.31 Å². The quantitative estimate of drug-likeness (QED) is 0.376. The molecular formula is C29H30ClN3O5S. The standard InChI is InChI=1S/C29H30ClN3O5S/c1-38-25-11-13-26(14-12-25)39(36,37)33(24-15-17-31(18-16-24)20-21-5-3-2-4-6-21)27-19-28(34)32(29(27)35)23-9-7-22(30)8-10-23/h2-14,24,27H,15-20H2,1H3. The van der Waals surface area contributed by atoms with Crippen LogP contribution >= 0.6 is 11.6 Å². The van der Waals surface area contributed by atoms with Gasteiger partial charge in [0.25, 0.3) is 5.91 Å². The van der Waals surface area contributed by atoms with Gasteiger partial charge in [0.05, 0.1) is 24.1 Å². The number of piperidine rings is 1. The average Bonchev–Trinajstić information content (AvgIpc) is 3.23. The van der Waals surface area contributed by atoms with Gasteiger partial charge in [0.15, 0.2) is 0 Å². The highest BCUT2D eigenvalue weighted by Gasteiger charge is 2.49. The van der Waals surface area contributed by atoms with Gasteiger partial charge in [0.2, 0.25) is 15.9 Å². The van der Waals surface area contributed by atoms with Gasteiger partial charge in [0.1, 0.15) is 11.8 Å². The number of nitrogens with zero attached hydrogens (tertiary/aromatic N) is 3. The molecule has 5 rings (SSSR count). The van der Waals surface area contributed by atoms with E-state index in [0.29, 0.717) is 42.4 Å². The summed E-state index contributed by atoms with van der Waals surface area (Å²) in [5.74, 6) is -0.467. The number of imide groups is 1. The van der Waals surface area contributed by atoms with E-state index in [4.69, 9.17) is 16.3 Å². The van der Waals surface area contributed by atoms with Gasteiger partial charge in [0, 0.05) is 30.7 Å². The number of carbonyl (C=O) groups excluding carboxylic acids is 2. The van der Waals surface area contributed by atoms with E-state index in [1.165, 1.54) is 29.1 Å². The lowest BCUT2D eigenvalue weighted by atomic mass is 10.0. The smallest absolute Gasteiger partial charge is 0.252 e. The van der Waals surface area contributed by atoms with Crippen LogP contribution in [0.15, 0.2) is 83.8 Å². The maximum Gasteiger partial charge on any atom is 0.252 e. The molecule has 2 heterocycles. The van der Waals surface area contributed by atoms with E-state index >= 15 is 0 Å². The Kier molecular flexibility index (Phi) is 8.04. The molecule has 2 saturated heterocycles. The molecule has 3 aromatic rings. The molecule has 0 aliphatic carbocycles. The lowest BCUT2D eigenvalue weighted by molar-refractivity contribution is -0.122. The first-order valence-corrected chi connectivity index (χ1v) is 14.7. The minimum atomic E-state index is -4.12. The minimum Gasteiger partial charge on any atom is -0.497 e. The van der Waals surface area contributed by atoms with E-state index in [0.717, 1.165) is 11.4 Å². The molecule has 1 atom stereocenters. The van der Waals surface area contributed by atoms with Crippen LogP contribution in [0.25, 0.3) is 0 Å². The molecule has 0 radical (unpaired) electrons. The highest BCUT2D eigenvalue weighted by atomic mass is 35.5. The summed E-state index contributed by atoms with van der Waals surface area (Å²) in [6, 6.07) is 21.0. The van der Waals surface area contributed by atoms with Crippen molar-refractivity contribution in [1.82, 2.24) is 9.21 Å². The first kappa shape index (κ1) is 27.3. The fourth-order valence-corrected chi connectivity index (χ4v) is 7.29. The molecule has 204 valence electrons. The molecule has 0 aromatic heterocycles. The number of anilines is 1. The normalized spacial score (nSPS) is 19.2. The molecule has 0 N–H and O–H groups in total. The van der Waals surface area contributed by atoms with Crippen LogP contribution in [-0.2, 0) is 26.2 Å². The largest absolute Gasteiger partial charge is 0.497 e. The van der Waals surface area contributed by atoms with Crippen LogP contribution < -0.4 is 9.64 Å². The number of amides is 2. The second kappa shape index (κ2) is 11.5. The number of benzene rings is 3. The summed E-state index contributed by atoms with van der Waals surface area (Å²) in [5.41, 5.74) is 1.56. The zero-order chi connectivity index (χ0) is 27.6. The molecule has 39 heavy (non-hydrogen) atoms. The maximum absolute atomic E-state index is 14.1. The van der Waals surface area contributed by atoms with Gasteiger partial charge in [-0.15, -0.1) is 0 Å². The lowest BCUT2D eigenvalue weighted by Gasteiger charge is -2.39. The Morgan fingerprint density at radius 3 is 2.18 bits per heavy atom. The van der Waals surface area contributed by atoms with Gasteiger partial charge in [-0.25, -0.2) is 13.3 Å². The van der Waals surface area contributed by atoms with E-state index in [1.807, 2.05) is 18.2 Å². The van der Waals surface area contributed by atoms with Crippen LogP contribution in [-0.4, -0.2) is 61.7 Å². The molecule has 0 bridgehead atoms. The molecule has 2 aliphatic heterocycles. The third kappa shape index (κ3) is 5.72. The van der Waals surface area contributed by atoms with Gasteiger partial charge >= 0.3 is 0 Å². The van der Waals surface area contributed by atoms with Gasteiger partial charge in [-0.05, 0) is 66.9 Å². The van der Waals surface area contributed by atoms with E-state index in [-0.39, 0.29) is 11.3 Å². The van der Waals surface area contributed by atoms with Crippen molar-refractivity contribution in [3.63, 3.8) is 0 Å². The topological polar surface area (TPSA) is 87.2 Å². The highest BCUT2D eigenvalue weighted by Crippen LogP contribution is 2.34. The molecular weight excluding hydrogens is 538 g/mol. The summed E-state index contributed by atoms with van der Waals surface area (Å²) in [4.78, 5) is 30.2. The van der Waals surface area contributed by atoms with Crippen molar-refractivity contribution in [3.8, 4) is 5.75 Å². The number of likely N-dealkylation sites (tertiary alicyclic amines) is 1. The summed E-state index contributed by atoms with van der Waals surface area (Å²) in [6.45, 7) is 2.11. The Bertz CT molecular complexity index is 1420. The average molecular weight is 568 g/mol. The minimum absolute atomic E-state index is 0.0557. The Balaban J connectivity index is 1.44. The predicted octanol–water partition coefficient (Wildman–Crippen LogP) is 4.34. The summed E-state index contributed by atoms with van der Waals surface area (Å²) >= 11 is 6.00. The van der Waals surface area contributed by atoms with Crippen LogP contribution in [0, 0.1) is 0 Å². The van der Waals surface area contributed by atoms with E-state index in [1.54, 1.807) is 36.4 Å². The SMILES string of the molecule is COc1ccc(S(=O)(=O)N(C2CCN(Cc3ccccc3)CC2)C2CC(=O)N(c3ccc(Cl)cc3)C2=O)cc1. The van der Waals surface area contributed by atoms with Crippen LogP contribution in [0.3, 0.4) is 0 Å². The molecule has 10 heteroatoms. The third-order valence-corrected chi connectivity index (χ3v) is 9.54. The first-order valence-electron chi connectivity index (χ1n) is 12.8. The Labute approximate surface area is 233 Å². The number of hydrogen-bond donors (Lipinski definition) is 0. The van der Waals surface area contributed by atoms with Gasteiger partial charge in [-0.1, -0.05) is 41.9 Å². The summed E-state index contributed by atoms with van der Waals surface area (Å²) < 4.78 is 34.7. The third-order valence-electron chi connectivity index (χ3n) is 7.32. The van der Waals surface area contributed by atoms with Gasteiger partial charge in [-0.3, -0.25) is 14.5 Å². The fraction of sp³-hybridized carbons (Fsp3) is 0.310. The zero-order valence-corrected chi connectivity index (χ0v) is 23.1. The van der Waals surface area contributed by atoms with Crippen molar-refractivity contribution in [3.05, 3.63) is 89.4 Å². The molecule has 2 amide bonds. The van der Waals surface area contributed by atoms with Crippen molar-refractivity contribution in [2.24, 2.45) is 0 Å². The predicted molar refractivity (Wildman–Crippen MR) is 149 cm³/mol. The second-order valence-electron chi connectivity index (χ2n) is 9.77. The molecule has 8 nitrogen and oxygen atoms in total. The highest BCUT2D eigenvalue weighted by molar-refractivity contribution is 7.89. The fourth-order valence-electron chi connectivity index (χ4n) is 5.34. The Hall–Kier alpha value is -3.24. The van der Waals surface area contributed by atoms with Crippen molar-refractivity contribution in [2.45, 2.75) is 42.8 Å². The number of sulfonamides is 1. The summed E-state index contributed by atoms with van der Waals surface area (Å²) in [5, 5.41) is 0.473. The van der Waals surface area contributed by atoms with Crippen LogP contribution in [0.1, 0.15) is 24.8 Å². The second-order valence-corrected chi connectivity index (χ2v) is 12.0. The maximum atomic E-state index is 14.1. The molecule has 2 fully saturated rings. The monoisotopic (exact) mass is 567 g/mol. The van der Waals surface area contributed by atoms with Crippen LogP contribution in [0.4, 0.5) is 5.69 Å². The first-order chi connectivity index (χ1) is 18.8. The molecule has 0 saturated carbocycles. The summed E-state index contributed by atoms with van der Waals surface area (Å²) in [6.07, 6.45) is 0.864. The number of rotatable bonds is 8. The van der Waals surface area contributed by atoms with Crippen LogP contribution in [0.5, 0.6) is 5.75 Å². The van der Waals surface area contributed by atoms with Crippen molar-refractivity contribution in [1.29, 1.82) is 0 Å². The molecule has 0 spiro atoms. The number of hydrogen-bond acceptors (Lipinski definition) is 6. The molecule has 3 aromatic carbocycles. The van der Waals surface area contributed by atoms with E-state index in [2.05, 4.69) is 17.0 Å². The van der Waals surface area contributed by atoms with E-state index in [9.17, 15) is 18.0 Å². The zero-order valence-electron chi connectivity index (χ0n) is 21.6. The molecule has 2 aliphatic rings. The number of ether oxygens (including phenoxy) is 1.